The number of nitrogens with one attached hydrogen (secondary N) is 2. The van der Waals surface area contributed by atoms with Gasteiger partial charge in [0, 0.05) is 50.5 Å². The van der Waals surface area contributed by atoms with Crippen LogP contribution in [0.25, 0.3) is 0 Å². The number of guanidine groups is 1. The van der Waals surface area contributed by atoms with E-state index in [-0.39, 0.29) is 5.54 Å². The molecule has 0 saturated carbocycles. The number of aliphatic imine (C=N–C) groups is 1. The van der Waals surface area contributed by atoms with Crippen LogP contribution in [0.1, 0.15) is 19.3 Å². The molecule has 2 aliphatic heterocycles. The quantitative estimate of drug-likeness (QED) is 0.630. The molecule has 0 spiro atoms. The number of ether oxygens (including phenoxy) is 3. The lowest BCUT2D eigenvalue weighted by molar-refractivity contribution is -0.00491. The highest BCUT2D eigenvalue weighted by molar-refractivity contribution is 5.93. The predicted molar refractivity (Wildman–Crippen MR) is 104 cm³/mol. The third kappa shape index (κ3) is 4.40. The Labute approximate surface area is 155 Å². The molecule has 2 heterocycles. The van der Waals surface area contributed by atoms with Crippen molar-refractivity contribution in [3.05, 3.63) is 18.2 Å². The van der Waals surface area contributed by atoms with E-state index in [1.165, 1.54) is 0 Å². The van der Waals surface area contributed by atoms with Gasteiger partial charge in [-0.1, -0.05) is 0 Å². The lowest BCUT2D eigenvalue weighted by Crippen LogP contribution is -2.56. The smallest absolute Gasteiger partial charge is 0.195 e. The molecule has 0 atom stereocenters. The monoisotopic (exact) mass is 362 g/mol. The van der Waals surface area contributed by atoms with Gasteiger partial charge >= 0.3 is 0 Å². The summed E-state index contributed by atoms with van der Waals surface area (Å²) in [7, 11) is 6.05. The molecule has 2 aliphatic rings. The highest BCUT2D eigenvalue weighted by Crippen LogP contribution is 2.32. The normalized spacial score (nSPS) is 19.8. The minimum absolute atomic E-state index is 0.0839. The van der Waals surface area contributed by atoms with Crippen molar-refractivity contribution in [3.63, 3.8) is 0 Å². The van der Waals surface area contributed by atoms with Gasteiger partial charge in [-0.3, -0.25) is 4.99 Å². The van der Waals surface area contributed by atoms with Gasteiger partial charge in [0.1, 0.15) is 0 Å². The minimum Gasteiger partial charge on any atom is -0.490 e. The Morgan fingerprint density at radius 1 is 1.12 bits per heavy atom. The minimum atomic E-state index is 0.0839. The van der Waals surface area contributed by atoms with E-state index in [1.54, 1.807) is 7.05 Å². The Kier molecular flexibility index (Phi) is 6.21. The summed E-state index contributed by atoms with van der Waals surface area (Å²) in [5.41, 5.74) is 1.01. The van der Waals surface area contributed by atoms with E-state index in [0.29, 0.717) is 13.2 Å². The summed E-state index contributed by atoms with van der Waals surface area (Å²) in [5, 5.41) is 6.82. The predicted octanol–water partition coefficient (Wildman–Crippen LogP) is 1.95. The van der Waals surface area contributed by atoms with E-state index in [4.69, 9.17) is 14.2 Å². The van der Waals surface area contributed by atoms with Gasteiger partial charge in [-0.2, -0.15) is 0 Å². The average molecular weight is 362 g/mol. The fourth-order valence-corrected chi connectivity index (χ4v) is 3.34. The molecular weight excluding hydrogens is 332 g/mol. The number of hydrogen-bond acceptors (Lipinski definition) is 5. The van der Waals surface area contributed by atoms with Crippen molar-refractivity contribution in [1.29, 1.82) is 0 Å². The molecule has 7 heteroatoms. The van der Waals surface area contributed by atoms with Crippen LogP contribution in [0.5, 0.6) is 11.5 Å². The second kappa shape index (κ2) is 8.60. The van der Waals surface area contributed by atoms with Crippen LogP contribution >= 0.6 is 0 Å². The van der Waals surface area contributed by atoms with Crippen LogP contribution in [0, 0.1) is 0 Å². The van der Waals surface area contributed by atoms with Gasteiger partial charge < -0.3 is 29.7 Å². The van der Waals surface area contributed by atoms with Crippen molar-refractivity contribution in [2.75, 3.05) is 59.4 Å². The largest absolute Gasteiger partial charge is 0.490 e. The molecule has 2 N–H and O–H groups in total. The first-order chi connectivity index (χ1) is 12.6. The molecule has 0 radical (unpaired) electrons. The zero-order valence-electron chi connectivity index (χ0n) is 16.0. The van der Waals surface area contributed by atoms with Crippen molar-refractivity contribution in [2.45, 2.75) is 24.8 Å². The second-order valence-corrected chi connectivity index (χ2v) is 6.99. The Morgan fingerprint density at radius 3 is 2.54 bits per heavy atom. The highest BCUT2D eigenvalue weighted by atomic mass is 16.5. The van der Waals surface area contributed by atoms with Crippen LogP contribution in [0.15, 0.2) is 23.2 Å². The number of benzene rings is 1. The highest BCUT2D eigenvalue weighted by Gasteiger charge is 2.34. The maximum atomic E-state index is 5.76. The first kappa shape index (κ1) is 18.8. The molecule has 26 heavy (non-hydrogen) atoms. The molecule has 3 rings (SSSR count). The second-order valence-electron chi connectivity index (χ2n) is 6.99. The van der Waals surface area contributed by atoms with Gasteiger partial charge in [0.2, 0.25) is 0 Å². The number of hydrogen-bond donors (Lipinski definition) is 2. The molecule has 0 amide bonds. The van der Waals surface area contributed by atoms with Gasteiger partial charge in [0.05, 0.1) is 13.2 Å². The summed E-state index contributed by atoms with van der Waals surface area (Å²) in [4.78, 5) is 6.66. The number of anilines is 1. The van der Waals surface area contributed by atoms with Crippen molar-refractivity contribution < 1.29 is 14.2 Å². The molecule has 0 aromatic heterocycles. The third-order valence-corrected chi connectivity index (χ3v) is 5.19. The van der Waals surface area contributed by atoms with Crippen LogP contribution in [-0.2, 0) is 4.74 Å². The Bertz CT molecular complexity index is 627. The molecule has 7 nitrogen and oxygen atoms in total. The lowest BCUT2D eigenvalue weighted by Gasteiger charge is -2.43. The van der Waals surface area contributed by atoms with Crippen molar-refractivity contribution >= 4 is 11.6 Å². The fourth-order valence-electron chi connectivity index (χ4n) is 3.34. The number of rotatable bonds is 4. The fraction of sp³-hybridized carbons (Fsp3) is 0.632. The van der Waals surface area contributed by atoms with E-state index in [9.17, 15) is 0 Å². The Balaban J connectivity index is 1.63. The maximum absolute atomic E-state index is 5.76. The van der Waals surface area contributed by atoms with E-state index < -0.39 is 0 Å². The molecule has 1 aromatic carbocycles. The van der Waals surface area contributed by atoms with Gasteiger partial charge in [-0.25, -0.2) is 0 Å². The van der Waals surface area contributed by atoms with Gasteiger partial charge in [0.25, 0.3) is 0 Å². The maximum Gasteiger partial charge on any atom is 0.195 e. The SMILES string of the molecule is CN=C(NCC1(N(C)C)CCOCC1)Nc1ccc2c(c1)OCCCO2. The van der Waals surface area contributed by atoms with Crippen LogP contribution in [0.2, 0.25) is 0 Å². The zero-order chi connectivity index (χ0) is 18.4. The molecular formula is C19H30N4O3. The van der Waals surface area contributed by atoms with Crippen LogP contribution < -0.4 is 20.1 Å². The van der Waals surface area contributed by atoms with Crippen molar-refractivity contribution in [1.82, 2.24) is 10.2 Å². The first-order valence-electron chi connectivity index (χ1n) is 9.25. The molecule has 1 saturated heterocycles. The van der Waals surface area contributed by atoms with Crippen LogP contribution in [0.3, 0.4) is 0 Å². The zero-order valence-corrected chi connectivity index (χ0v) is 16.0. The third-order valence-electron chi connectivity index (χ3n) is 5.19. The molecule has 0 aliphatic carbocycles. The summed E-state index contributed by atoms with van der Waals surface area (Å²) in [6.45, 7) is 3.78. The number of likely N-dealkylation sites (N-methyl/N-ethyl adjacent to an activating group) is 1. The van der Waals surface area contributed by atoms with E-state index in [0.717, 1.165) is 62.2 Å². The number of nitrogens with zero attached hydrogens (tertiary/aromatic N) is 2. The summed E-state index contributed by atoms with van der Waals surface area (Å²) < 4.78 is 17.0. The number of fused-ring (bicyclic) bond motifs is 1. The van der Waals surface area contributed by atoms with Crippen molar-refractivity contribution in [3.8, 4) is 11.5 Å². The molecule has 0 unspecified atom stereocenters. The van der Waals surface area contributed by atoms with E-state index >= 15 is 0 Å². The summed E-state index contributed by atoms with van der Waals surface area (Å²) in [5.74, 6) is 2.31. The lowest BCUT2D eigenvalue weighted by atomic mass is 9.88. The standard InChI is InChI=1S/C19H30N4O3/c1-20-18(21-14-19(23(2)3)7-11-24-12-8-19)22-15-5-6-16-17(13-15)26-10-4-9-25-16/h5-6,13H,4,7-12,14H2,1-3H3,(H2,20,21,22). The topological polar surface area (TPSA) is 67.4 Å². The average Bonchev–Trinajstić information content (AvgIpc) is 2.90. The summed E-state index contributed by atoms with van der Waals surface area (Å²) in [6.07, 6.45) is 2.92. The van der Waals surface area contributed by atoms with Gasteiger partial charge in [0.15, 0.2) is 17.5 Å². The Hall–Kier alpha value is -1.99. The van der Waals surface area contributed by atoms with Gasteiger partial charge in [-0.15, -0.1) is 0 Å². The summed E-state index contributed by atoms with van der Waals surface area (Å²) >= 11 is 0. The molecule has 144 valence electrons. The van der Waals surface area contributed by atoms with E-state index in [2.05, 4.69) is 34.6 Å². The Morgan fingerprint density at radius 2 is 1.85 bits per heavy atom. The summed E-state index contributed by atoms with van der Waals surface area (Å²) in [6, 6.07) is 5.89. The first-order valence-corrected chi connectivity index (χ1v) is 9.25. The van der Waals surface area contributed by atoms with E-state index in [1.807, 2.05) is 18.2 Å². The van der Waals surface area contributed by atoms with Crippen molar-refractivity contribution in [2.24, 2.45) is 4.99 Å². The van der Waals surface area contributed by atoms with Crippen LogP contribution in [0.4, 0.5) is 5.69 Å². The molecule has 1 fully saturated rings. The molecule has 1 aromatic rings. The van der Waals surface area contributed by atoms with Gasteiger partial charge in [-0.05, 0) is 39.1 Å². The molecule has 0 bridgehead atoms. The van der Waals surface area contributed by atoms with Crippen LogP contribution in [-0.4, -0.2) is 70.5 Å².